The Morgan fingerprint density at radius 2 is 2.14 bits per heavy atom. The van der Waals surface area contributed by atoms with Gasteiger partial charge in [-0.25, -0.2) is 19.7 Å². The molecule has 112 valence electrons. The minimum Gasteiger partial charge on any atom is -0.467 e. The zero-order chi connectivity index (χ0) is 15.1. The summed E-state index contributed by atoms with van der Waals surface area (Å²) < 4.78 is 11.3. The number of fused-ring (bicyclic) bond motifs is 1. The minimum absolute atomic E-state index is 0.177. The summed E-state index contributed by atoms with van der Waals surface area (Å²) in [5, 5.41) is 20.0. The number of aliphatic hydroxyl groups is 2. The Morgan fingerprint density at radius 1 is 1.38 bits per heavy atom. The largest absolute Gasteiger partial charge is 0.467 e. The van der Waals surface area contributed by atoms with Crippen LogP contribution in [0.4, 0.5) is 5.82 Å². The van der Waals surface area contributed by atoms with Crippen molar-refractivity contribution in [1.82, 2.24) is 19.5 Å². The van der Waals surface area contributed by atoms with Gasteiger partial charge in [0.05, 0.1) is 13.4 Å². The van der Waals surface area contributed by atoms with Gasteiger partial charge in [-0.3, -0.25) is 4.57 Å². The molecule has 3 heterocycles. The monoisotopic (exact) mass is 295 g/mol. The molecule has 0 spiro atoms. The summed E-state index contributed by atoms with van der Waals surface area (Å²) in [5.41, 5.74) is 6.33. The van der Waals surface area contributed by atoms with Crippen LogP contribution in [0.25, 0.3) is 11.2 Å². The molecule has 0 bridgehead atoms. The molecule has 4 atom stereocenters. The highest BCUT2D eigenvalue weighted by Crippen LogP contribution is 2.32. The van der Waals surface area contributed by atoms with Crippen molar-refractivity contribution in [2.75, 3.05) is 12.8 Å². The second-order valence-corrected chi connectivity index (χ2v) is 4.53. The predicted molar refractivity (Wildman–Crippen MR) is 67.7 cm³/mol. The first-order valence-electron chi connectivity index (χ1n) is 6.07. The Kier molecular flexibility index (Phi) is 3.20. The van der Waals surface area contributed by atoms with Crippen molar-refractivity contribution in [2.24, 2.45) is 0 Å². The van der Waals surface area contributed by atoms with Gasteiger partial charge in [0.25, 0.3) is 0 Å². The first-order chi connectivity index (χ1) is 10.0. The molecular weight excluding hydrogens is 282 g/mol. The number of nitrogens with zero attached hydrogens (tertiary/aromatic N) is 4. The van der Waals surface area contributed by atoms with Crippen molar-refractivity contribution in [3.63, 3.8) is 0 Å². The molecule has 10 nitrogen and oxygen atoms in total. The van der Waals surface area contributed by atoms with Crippen LogP contribution in [0.1, 0.15) is 6.23 Å². The first kappa shape index (κ1) is 13.7. The van der Waals surface area contributed by atoms with Crippen LogP contribution in [0.3, 0.4) is 0 Å². The van der Waals surface area contributed by atoms with Gasteiger partial charge in [-0.2, -0.15) is 0 Å². The second-order valence-electron chi connectivity index (χ2n) is 4.53. The molecule has 0 amide bonds. The number of nitrogen functional groups attached to an aromatic ring is 1. The van der Waals surface area contributed by atoms with Crippen molar-refractivity contribution in [1.29, 1.82) is 0 Å². The van der Waals surface area contributed by atoms with Crippen molar-refractivity contribution in [3.8, 4) is 0 Å². The molecule has 10 heteroatoms. The number of aromatic nitrogens is 4. The maximum Gasteiger partial charge on any atom is 0.337 e. The van der Waals surface area contributed by atoms with E-state index >= 15 is 0 Å². The fourth-order valence-electron chi connectivity index (χ4n) is 2.26. The van der Waals surface area contributed by atoms with Crippen LogP contribution in [0.15, 0.2) is 12.7 Å². The Balaban J connectivity index is 2.00. The van der Waals surface area contributed by atoms with Crippen molar-refractivity contribution in [3.05, 3.63) is 12.7 Å². The lowest BCUT2D eigenvalue weighted by atomic mass is 10.1. The lowest BCUT2D eigenvalue weighted by Gasteiger charge is -2.16. The highest BCUT2D eigenvalue weighted by atomic mass is 16.6. The van der Waals surface area contributed by atoms with Gasteiger partial charge >= 0.3 is 5.97 Å². The number of anilines is 1. The van der Waals surface area contributed by atoms with Gasteiger partial charge in [0.2, 0.25) is 0 Å². The van der Waals surface area contributed by atoms with Gasteiger partial charge in [0.1, 0.15) is 24.1 Å². The molecule has 0 aliphatic carbocycles. The third kappa shape index (κ3) is 2.00. The number of methoxy groups -OCH3 is 1. The smallest absolute Gasteiger partial charge is 0.337 e. The first-order valence-corrected chi connectivity index (χ1v) is 6.07. The lowest BCUT2D eigenvalue weighted by molar-refractivity contribution is -0.158. The Bertz CT molecular complexity index is 689. The molecule has 0 aromatic carbocycles. The van der Waals surface area contributed by atoms with Gasteiger partial charge in [-0.05, 0) is 0 Å². The van der Waals surface area contributed by atoms with Crippen LogP contribution in [-0.2, 0) is 14.3 Å². The number of hydrogen-bond donors (Lipinski definition) is 3. The molecular formula is C11H13N5O5. The fraction of sp³-hybridized carbons (Fsp3) is 0.455. The Morgan fingerprint density at radius 3 is 2.86 bits per heavy atom. The van der Waals surface area contributed by atoms with E-state index in [-0.39, 0.29) is 5.82 Å². The van der Waals surface area contributed by atoms with E-state index < -0.39 is 30.5 Å². The topological polar surface area (TPSA) is 146 Å². The number of hydrogen-bond acceptors (Lipinski definition) is 9. The molecule has 3 rings (SSSR count). The number of carbonyl (C=O) groups excluding carboxylic acids is 1. The zero-order valence-electron chi connectivity index (χ0n) is 10.9. The van der Waals surface area contributed by atoms with E-state index in [1.165, 1.54) is 24.3 Å². The zero-order valence-corrected chi connectivity index (χ0v) is 10.9. The Labute approximate surface area is 118 Å². The molecule has 2 aromatic rings. The standard InChI is InChI=1S/C11H13N5O5/c1-20-11(19)7-5(17)6(18)10(21-7)16-3-15-4-8(12)13-2-14-9(4)16/h2-3,5-7,10,17-18H,1H3,(H2,12,13,14)/t5-,6?,7+,10-/m0/s1. The van der Waals surface area contributed by atoms with E-state index in [0.29, 0.717) is 11.2 Å². The van der Waals surface area contributed by atoms with E-state index in [2.05, 4.69) is 19.7 Å². The fourth-order valence-corrected chi connectivity index (χ4v) is 2.26. The minimum atomic E-state index is -1.42. The van der Waals surface area contributed by atoms with Crippen LogP contribution in [0.5, 0.6) is 0 Å². The van der Waals surface area contributed by atoms with Crippen molar-refractivity contribution >= 4 is 23.0 Å². The number of ether oxygens (including phenoxy) is 2. The van der Waals surface area contributed by atoms with Crippen LogP contribution < -0.4 is 5.73 Å². The summed E-state index contributed by atoms with van der Waals surface area (Å²) >= 11 is 0. The quantitative estimate of drug-likeness (QED) is 0.546. The third-order valence-corrected chi connectivity index (χ3v) is 3.33. The summed E-state index contributed by atoms with van der Waals surface area (Å²) in [6.45, 7) is 0. The summed E-state index contributed by atoms with van der Waals surface area (Å²) in [5.74, 6) is -0.598. The molecule has 1 saturated heterocycles. The predicted octanol–water partition coefficient (Wildman–Crippen LogP) is -1.80. The number of esters is 1. The second kappa shape index (κ2) is 4.91. The number of nitrogens with two attached hydrogens (primary N) is 1. The number of rotatable bonds is 2. The van der Waals surface area contributed by atoms with E-state index in [4.69, 9.17) is 10.5 Å². The van der Waals surface area contributed by atoms with Crippen LogP contribution in [0.2, 0.25) is 0 Å². The average molecular weight is 295 g/mol. The van der Waals surface area contributed by atoms with Crippen LogP contribution in [-0.4, -0.2) is 61.1 Å². The van der Waals surface area contributed by atoms with Gasteiger partial charge in [0, 0.05) is 0 Å². The molecule has 4 N–H and O–H groups in total. The van der Waals surface area contributed by atoms with Crippen LogP contribution in [0, 0.1) is 0 Å². The van der Waals surface area contributed by atoms with E-state index in [0.717, 1.165) is 0 Å². The Hall–Kier alpha value is -2.30. The molecule has 1 aliphatic rings. The summed E-state index contributed by atoms with van der Waals surface area (Å²) in [6.07, 6.45) is -2.50. The number of aliphatic hydroxyl groups excluding tert-OH is 2. The molecule has 21 heavy (non-hydrogen) atoms. The van der Waals surface area contributed by atoms with Crippen LogP contribution >= 0.6 is 0 Å². The summed E-state index contributed by atoms with van der Waals surface area (Å²) in [7, 11) is 1.17. The summed E-state index contributed by atoms with van der Waals surface area (Å²) in [6, 6.07) is 0. The molecule has 0 saturated carbocycles. The highest BCUT2D eigenvalue weighted by molar-refractivity contribution is 5.81. The highest BCUT2D eigenvalue weighted by Gasteiger charge is 2.48. The van der Waals surface area contributed by atoms with E-state index in [1.807, 2.05) is 0 Å². The van der Waals surface area contributed by atoms with Crippen molar-refractivity contribution < 1.29 is 24.5 Å². The van der Waals surface area contributed by atoms with Crippen molar-refractivity contribution in [2.45, 2.75) is 24.5 Å². The normalized spacial score (nSPS) is 28.9. The summed E-state index contributed by atoms with van der Waals surface area (Å²) in [4.78, 5) is 23.4. The van der Waals surface area contributed by atoms with E-state index in [1.54, 1.807) is 0 Å². The maximum absolute atomic E-state index is 11.5. The van der Waals surface area contributed by atoms with Gasteiger partial charge in [-0.1, -0.05) is 0 Å². The number of carbonyl (C=O) groups is 1. The number of imidazole rings is 1. The molecule has 1 unspecified atom stereocenters. The van der Waals surface area contributed by atoms with E-state index in [9.17, 15) is 15.0 Å². The third-order valence-electron chi connectivity index (χ3n) is 3.33. The lowest BCUT2D eigenvalue weighted by Crippen LogP contribution is -2.36. The molecule has 1 fully saturated rings. The molecule has 2 aromatic heterocycles. The molecule has 1 aliphatic heterocycles. The maximum atomic E-state index is 11.5. The van der Waals surface area contributed by atoms with Gasteiger partial charge in [-0.15, -0.1) is 0 Å². The van der Waals surface area contributed by atoms with Gasteiger partial charge < -0.3 is 25.4 Å². The van der Waals surface area contributed by atoms with Gasteiger partial charge in [0.15, 0.2) is 23.8 Å². The molecule has 0 radical (unpaired) electrons. The average Bonchev–Trinajstić information content (AvgIpc) is 3.02. The SMILES string of the molecule is COC(=O)[C@@H]1O[C@H](n2cnc3c(N)ncnc32)C(O)[C@@H]1O.